The van der Waals surface area contributed by atoms with E-state index < -0.39 is 17.9 Å². The van der Waals surface area contributed by atoms with Gasteiger partial charge in [0, 0.05) is 0 Å². The number of ether oxygens (including phenoxy) is 6. The maximum absolute atomic E-state index is 6.14. The third-order valence-corrected chi connectivity index (χ3v) is 4.70. The highest BCUT2D eigenvalue weighted by molar-refractivity contribution is 5.13. The van der Waals surface area contributed by atoms with Gasteiger partial charge < -0.3 is 28.4 Å². The molecule has 0 amide bonds. The SMILES string of the molecule is CC1(C)O[C@@H]2[C@H](O1)[C@@H](OCc1ccccc1)O[C@H]2[C@@H]1COC(C)(C)O1. The number of hydrogen-bond donors (Lipinski definition) is 0. The zero-order valence-electron chi connectivity index (χ0n) is 15.1. The normalized spacial score (nSPS) is 38.8. The highest BCUT2D eigenvalue weighted by Gasteiger charge is 2.59. The second-order valence-corrected chi connectivity index (χ2v) is 7.70. The van der Waals surface area contributed by atoms with E-state index in [1.807, 2.05) is 58.0 Å². The predicted molar refractivity (Wildman–Crippen MR) is 88.6 cm³/mol. The molecule has 0 bridgehead atoms. The Balaban J connectivity index is 1.47. The molecule has 5 atom stereocenters. The molecule has 0 aromatic heterocycles. The monoisotopic (exact) mass is 350 g/mol. The second kappa shape index (κ2) is 6.30. The van der Waals surface area contributed by atoms with Gasteiger partial charge in [-0.1, -0.05) is 30.3 Å². The van der Waals surface area contributed by atoms with Crippen LogP contribution in [0.2, 0.25) is 0 Å². The van der Waals surface area contributed by atoms with Crippen LogP contribution in [0, 0.1) is 0 Å². The molecule has 138 valence electrons. The highest BCUT2D eigenvalue weighted by atomic mass is 16.8. The minimum atomic E-state index is -0.666. The van der Waals surface area contributed by atoms with Crippen molar-refractivity contribution in [1.82, 2.24) is 0 Å². The Morgan fingerprint density at radius 2 is 1.64 bits per heavy atom. The lowest BCUT2D eigenvalue weighted by Gasteiger charge is -2.27. The summed E-state index contributed by atoms with van der Waals surface area (Å²) in [5, 5.41) is 0. The van der Waals surface area contributed by atoms with E-state index in [1.54, 1.807) is 0 Å². The average molecular weight is 350 g/mol. The van der Waals surface area contributed by atoms with Crippen LogP contribution in [0.3, 0.4) is 0 Å². The largest absolute Gasteiger partial charge is 0.348 e. The van der Waals surface area contributed by atoms with E-state index >= 15 is 0 Å². The molecule has 0 saturated carbocycles. The van der Waals surface area contributed by atoms with Crippen LogP contribution >= 0.6 is 0 Å². The Morgan fingerprint density at radius 1 is 0.920 bits per heavy atom. The summed E-state index contributed by atoms with van der Waals surface area (Å²) in [6.07, 6.45) is -1.50. The number of hydrogen-bond acceptors (Lipinski definition) is 6. The lowest BCUT2D eigenvalue weighted by Crippen LogP contribution is -2.40. The number of fused-ring (bicyclic) bond motifs is 1. The van der Waals surface area contributed by atoms with E-state index in [1.165, 1.54) is 0 Å². The minimum Gasteiger partial charge on any atom is -0.348 e. The van der Waals surface area contributed by atoms with Gasteiger partial charge in [0.1, 0.15) is 24.4 Å². The Labute approximate surface area is 148 Å². The number of benzene rings is 1. The predicted octanol–water partition coefficient (Wildman–Crippen LogP) is 2.60. The van der Waals surface area contributed by atoms with Gasteiger partial charge in [0.2, 0.25) is 0 Å². The van der Waals surface area contributed by atoms with E-state index in [9.17, 15) is 0 Å². The van der Waals surface area contributed by atoms with Gasteiger partial charge in [0.15, 0.2) is 17.9 Å². The first-order valence-corrected chi connectivity index (χ1v) is 8.81. The zero-order chi connectivity index (χ0) is 17.7. The van der Waals surface area contributed by atoms with Crippen molar-refractivity contribution in [3.8, 4) is 0 Å². The molecule has 0 N–H and O–H groups in total. The molecule has 6 heteroatoms. The molecular formula is C19H26O6. The van der Waals surface area contributed by atoms with E-state index in [-0.39, 0.29) is 24.4 Å². The molecule has 6 nitrogen and oxygen atoms in total. The molecule has 3 saturated heterocycles. The van der Waals surface area contributed by atoms with Crippen LogP contribution in [0.4, 0.5) is 0 Å². The van der Waals surface area contributed by atoms with Crippen LogP contribution < -0.4 is 0 Å². The van der Waals surface area contributed by atoms with Crippen molar-refractivity contribution < 1.29 is 28.4 Å². The Bertz CT molecular complexity index is 601. The van der Waals surface area contributed by atoms with Gasteiger partial charge in [-0.25, -0.2) is 0 Å². The zero-order valence-corrected chi connectivity index (χ0v) is 15.1. The van der Waals surface area contributed by atoms with Crippen molar-refractivity contribution in [1.29, 1.82) is 0 Å². The van der Waals surface area contributed by atoms with Crippen LogP contribution in [-0.2, 0) is 35.0 Å². The van der Waals surface area contributed by atoms with Gasteiger partial charge in [-0.2, -0.15) is 0 Å². The first kappa shape index (κ1) is 17.4. The Kier molecular flexibility index (Phi) is 4.38. The van der Waals surface area contributed by atoms with Crippen LogP contribution in [0.25, 0.3) is 0 Å². The fourth-order valence-electron chi connectivity index (χ4n) is 3.65. The standard InChI is InChI=1S/C19H26O6/c1-18(2)21-11-13(23-18)14-15-16(25-19(3,4)24-15)17(22-14)20-10-12-8-6-5-7-9-12/h5-9,13-17H,10-11H2,1-4H3/t13-,14-,15-,16-,17-/m0/s1. The van der Waals surface area contributed by atoms with Crippen molar-refractivity contribution in [2.45, 2.75) is 76.6 Å². The van der Waals surface area contributed by atoms with Gasteiger partial charge in [-0.05, 0) is 33.3 Å². The molecule has 3 fully saturated rings. The molecule has 3 aliphatic heterocycles. The molecular weight excluding hydrogens is 324 g/mol. The van der Waals surface area contributed by atoms with Crippen molar-refractivity contribution in [3.05, 3.63) is 35.9 Å². The maximum Gasteiger partial charge on any atom is 0.187 e. The molecule has 25 heavy (non-hydrogen) atoms. The molecule has 0 aliphatic carbocycles. The summed E-state index contributed by atoms with van der Waals surface area (Å²) in [5.41, 5.74) is 1.09. The molecule has 3 aliphatic rings. The van der Waals surface area contributed by atoms with Crippen molar-refractivity contribution >= 4 is 0 Å². The minimum absolute atomic E-state index is 0.203. The summed E-state index contributed by atoms with van der Waals surface area (Å²) in [4.78, 5) is 0. The Hall–Kier alpha value is -1.02. The fourth-order valence-corrected chi connectivity index (χ4v) is 3.65. The summed E-state index contributed by atoms with van der Waals surface area (Å²) in [5.74, 6) is -1.28. The topological polar surface area (TPSA) is 55.4 Å². The summed E-state index contributed by atoms with van der Waals surface area (Å²) in [7, 11) is 0. The number of rotatable bonds is 4. The lowest BCUT2D eigenvalue weighted by molar-refractivity contribution is -0.250. The smallest absolute Gasteiger partial charge is 0.187 e. The third kappa shape index (κ3) is 3.60. The first-order valence-electron chi connectivity index (χ1n) is 8.81. The summed E-state index contributed by atoms with van der Waals surface area (Å²) in [6, 6.07) is 10.0. The molecule has 4 rings (SSSR count). The van der Waals surface area contributed by atoms with E-state index in [2.05, 4.69) is 0 Å². The van der Waals surface area contributed by atoms with Gasteiger partial charge in [-0.15, -0.1) is 0 Å². The van der Waals surface area contributed by atoms with Crippen LogP contribution in [0.5, 0.6) is 0 Å². The molecule has 0 unspecified atom stereocenters. The van der Waals surface area contributed by atoms with Gasteiger partial charge >= 0.3 is 0 Å². The van der Waals surface area contributed by atoms with Crippen LogP contribution in [0.1, 0.15) is 33.3 Å². The van der Waals surface area contributed by atoms with Crippen molar-refractivity contribution in [2.75, 3.05) is 6.61 Å². The second-order valence-electron chi connectivity index (χ2n) is 7.70. The quantitative estimate of drug-likeness (QED) is 0.832. The van der Waals surface area contributed by atoms with Crippen LogP contribution in [-0.4, -0.2) is 48.9 Å². The van der Waals surface area contributed by atoms with Gasteiger partial charge in [0.25, 0.3) is 0 Å². The molecule has 0 spiro atoms. The molecule has 3 heterocycles. The lowest BCUT2D eigenvalue weighted by atomic mass is 10.1. The average Bonchev–Trinajstić information content (AvgIpc) is 3.17. The first-order chi connectivity index (χ1) is 11.8. The molecule has 1 aromatic rings. The van der Waals surface area contributed by atoms with Crippen molar-refractivity contribution in [2.24, 2.45) is 0 Å². The van der Waals surface area contributed by atoms with Crippen molar-refractivity contribution in [3.63, 3.8) is 0 Å². The van der Waals surface area contributed by atoms with E-state index in [0.717, 1.165) is 5.56 Å². The summed E-state index contributed by atoms with van der Waals surface area (Å²) in [6.45, 7) is 8.55. The van der Waals surface area contributed by atoms with Gasteiger partial charge in [-0.3, -0.25) is 0 Å². The van der Waals surface area contributed by atoms with Gasteiger partial charge in [0.05, 0.1) is 13.2 Å². The summed E-state index contributed by atoms with van der Waals surface area (Å²) >= 11 is 0. The maximum atomic E-state index is 6.14. The summed E-state index contributed by atoms with van der Waals surface area (Å²) < 4.78 is 36.0. The van der Waals surface area contributed by atoms with Crippen LogP contribution in [0.15, 0.2) is 30.3 Å². The molecule has 1 aromatic carbocycles. The Morgan fingerprint density at radius 3 is 2.32 bits per heavy atom. The fraction of sp³-hybridized carbons (Fsp3) is 0.684. The van der Waals surface area contributed by atoms with E-state index in [4.69, 9.17) is 28.4 Å². The molecule has 0 radical (unpaired) electrons. The van der Waals surface area contributed by atoms with E-state index in [0.29, 0.717) is 13.2 Å². The third-order valence-electron chi connectivity index (χ3n) is 4.70. The highest BCUT2D eigenvalue weighted by Crippen LogP contribution is 2.42.